The van der Waals surface area contributed by atoms with Gasteiger partial charge in [-0.25, -0.2) is 4.68 Å². The second-order valence-corrected chi connectivity index (χ2v) is 7.58. The average molecular weight is 391 g/mol. The molecule has 29 heavy (non-hydrogen) atoms. The standard InChI is InChI=1S/C24H30N4O/c1-29-20-24-19-21(25-28(24)23-12-6-3-7-13-23)9-8-14-26-15-17-27(18-16-26)22-10-4-2-5-11-22/h2-7,10-13,19H,8-9,14-18,20H2,1H3. The van der Waals surface area contributed by atoms with Crippen molar-refractivity contribution in [3.63, 3.8) is 0 Å². The SMILES string of the molecule is COCc1cc(CCCN2CCN(c3ccccc3)CC2)nn1-c1ccccc1. The second kappa shape index (κ2) is 9.72. The molecule has 0 saturated carbocycles. The van der Waals surface area contributed by atoms with E-state index in [1.807, 2.05) is 22.9 Å². The Hall–Kier alpha value is -2.63. The smallest absolute Gasteiger partial charge is 0.0885 e. The van der Waals surface area contributed by atoms with Crippen LogP contribution in [0.15, 0.2) is 66.7 Å². The summed E-state index contributed by atoms with van der Waals surface area (Å²) < 4.78 is 7.39. The van der Waals surface area contributed by atoms with Crippen LogP contribution in [-0.2, 0) is 17.8 Å². The summed E-state index contributed by atoms with van der Waals surface area (Å²) in [6.45, 7) is 6.16. The molecular formula is C24H30N4O. The van der Waals surface area contributed by atoms with Crippen molar-refractivity contribution in [3.8, 4) is 5.69 Å². The first-order valence-corrected chi connectivity index (χ1v) is 10.5. The number of hydrogen-bond donors (Lipinski definition) is 0. The number of piperazine rings is 1. The number of hydrogen-bond acceptors (Lipinski definition) is 4. The first-order chi connectivity index (χ1) is 14.3. The third-order valence-corrected chi connectivity index (χ3v) is 5.53. The summed E-state index contributed by atoms with van der Waals surface area (Å²) in [4.78, 5) is 5.05. The van der Waals surface area contributed by atoms with Gasteiger partial charge >= 0.3 is 0 Å². The van der Waals surface area contributed by atoms with Crippen molar-refractivity contribution in [2.45, 2.75) is 19.4 Å². The lowest BCUT2D eigenvalue weighted by Crippen LogP contribution is -2.46. The molecule has 0 N–H and O–H groups in total. The number of rotatable bonds is 8. The van der Waals surface area contributed by atoms with E-state index >= 15 is 0 Å². The van der Waals surface area contributed by atoms with Gasteiger partial charge in [0.05, 0.1) is 23.7 Å². The van der Waals surface area contributed by atoms with Crippen LogP contribution >= 0.6 is 0 Å². The topological polar surface area (TPSA) is 33.5 Å². The summed E-state index contributed by atoms with van der Waals surface area (Å²) in [7, 11) is 1.73. The number of methoxy groups -OCH3 is 1. The van der Waals surface area contributed by atoms with Crippen LogP contribution in [0.4, 0.5) is 5.69 Å². The molecule has 1 saturated heterocycles. The summed E-state index contributed by atoms with van der Waals surface area (Å²) in [5, 5.41) is 4.84. The van der Waals surface area contributed by atoms with Crippen LogP contribution in [0.3, 0.4) is 0 Å². The normalized spacial score (nSPS) is 15.0. The molecule has 0 atom stereocenters. The Bertz CT molecular complexity index is 870. The Morgan fingerprint density at radius 3 is 2.17 bits per heavy atom. The van der Waals surface area contributed by atoms with Crippen molar-refractivity contribution in [1.82, 2.24) is 14.7 Å². The van der Waals surface area contributed by atoms with Crippen molar-refractivity contribution in [3.05, 3.63) is 78.1 Å². The summed E-state index contributed by atoms with van der Waals surface area (Å²) in [5.74, 6) is 0. The van der Waals surface area contributed by atoms with E-state index in [0.717, 1.165) is 62.6 Å². The summed E-state index contributed by atoms with van der Waals surface area (Å²) in [6, 6.07) is 23.2. The van der Waals surface area contributed by atoms with Crippen LogP contribution in [0.5, 0.6) is 0 Å². The zero-order valence-corrected chi connectivity index (χ0v) is 17.2. The van der Waals surface area contributed by atoms with Gasteiger partial charge in [0.1, 0.15) is 0 Å². The lowest BCUT2D eigenvalue weighted by atomic mass is 10.2. The minimum absolute atomic E-state index is 0.573. The van der Waals surface area contributed by atoms with Crippen LogP contribution < -0.4 is 4.90 Å². The van der Waals surface area contributed by atoms with E-state index in [0.29, 0.717) is 6.61 Å². The van der Waals surface area contributed by atoms with Gasteiger partial charge in [-0.3, -0.25) is 4.90 Å². The third kappa shape index (κ3) is 5.05. The number of aromatic nitrogens is 2. The quantitative estimate of drug-likeness (QED) is 0.586. The van der Waals surface area contributed by atoms with Crippen molar-refractivity contribution in [2.75, 3.05) is 44.7 Å². The maximum Gasteiger partial charge on any atom is 0.0885 e. The van der Waals surface area contributed by atoms with Gasteiger partial charge < -0.3 is 9.64 Å². The fraction of sp³-hybridized carbons (Fsp3) is 0.375. The van der Waals surface area contributed by atoms with Crippen molar-refractivity contribution in [1.29, 1.82) is 0 Å². The molecule has 5 nitrogen and oxygen atoms in total. The van der Waals surface area contributed by atoms with Gasteiger partial charge in [-0.15, -0.1) is 0 Å². The van der Waals surface area contributed by atoms with Crippen molar-refractivity contribution >= 4 is 5.69 Å². The van der Waals surface area contributed by atoms with Gasteiger partial charge in [0.15, 0.2) is 0 Å². The minimum Gasteiger partial charge on any atom is -0.378 e. The largest absolute Gasteiger partial charge is 0.378 e. The Labute approximate surface area is 173 Å². The van der Waals surface area contributed by atoms with Crippen molar-refractivity contribution < 1.29 is 4.74 Å². The molecule has 1 aliphatic heterocycles. The Kier molecular flexibility index (Phi) is 6.60. The highest BCUT2D eigenvalue weighted by atomic mass is 16.5. The molecule has 2 heterocycles. The molecule has 1 aliphatic rings. The van der Waals surface area contributed by atoms with E-state index in [1.54, 1.807) is 7.11 Å². The first kappa shape index (κ1) is 19.7. The Balaban J connectivity index is 1.29. The zero-order chi connectivity index (χ0) is 19.9. The zero-order valence-electron chi connectivity index (χ0n) is 17.2. The van der Waals surface area contributed by atoms with Crippen LogP contribution in [0.2, 0.25) is 0 Å². The van der Waals surface area contributed by atoms with Crippen LogP contribution in [0.25, 0.3) is 5.69 Å². The first-order valence-electron chi connectivity index (χ1n) is 10.5. The van der Waals surface area contributed by atoms with Gasteiger partial charge in [-0.05, 0) is 49.7 Å². The molecule has 3 aromatic rings. The molecule has 2 aromatic carbocycles. The van der Waals surface area contributed by atoms with E-state index in [-0.39, 0.29) is 0 Å². The lowest BCUT2D eigenvalue weighted by molar-refractivity contribution is 0.179. The molecule has 0 spiro atoms. The number of anilines is 1. The monoisotopic (exact) mass is 390 g/mol. The van der Waals surface area contributed by atoms with Crippen LogP contribution in [0.1, 0.15) is 17.8 Å². The van der Waals surface area contributed by atoms with Gasteiger partial charge in [0.25, 0.3) is 0 Å². The van der Waals surface area contributed by atoms with E-state index < -0.39 is 0 Å². The molecule has 0 unspecified atom stereocenters. The lowest BCUT2D eigenvalue weighted by Gasteiger charge is -2.36. The number of benzene rings is 2. The predicted molar refractivity (Wildman–Crippen MR) is 118 cm³/mol. The molecule has 0 aliphatic carbocycles. The molecule has 152 valence electrons. The highest BCUT2D eigenvalue weighted by Gasteiger charge is 2.17. The van der Waals surface area contributed by atoms with Gasteiger partial charge in [0, 0.05) is 39.0 Å². The fourth-order valence-electron chi connectivity index (χ4n) is 3.99. The fourth-order valence-corrected chi connectivity index (χ4v) is 3.99. The highest BCUT2D eigenvalue weighted by Crippen LogP contribution is 2.17. The van der Waals surface area contributed by atoms with E-state index in [1.165, 1.54) is 5.69 Å². The van der Waals surface area contributed by atoms with Crippen molar-refractivity contribution in [2.24, 2.45) is 0 Å². The molecule has 1 aromatic heterocycles. The number of para-hydroxylation sites is 2. The molecule has 5 heteroatoms. The molecule has 0 bridgehead atoms. The number of aryl methyl sites for hydroxylation is 1. The third-order valence-electron chi connectivity index (χ3n) is 5.53. The van der Waals surface area contributed by atoms with E-state index in [2.05, 4.69) is 58.3 Å². The number of nitrogens with zero attached hydrogens (tertiary/aromatic N) is 4. The average Bonchev–Trinajstić information content (AvgIpc) is 3.18. The number of ether oxygens (including phenoxy) is 1. The van der Waals surface area contributed by atoms with E-state index in [4.69, 9.17) is 9.84 Å². The minimum atomic E-state index is 0.573. The van der Waals surface area contributed by atoms with E-state index in [9.17, 15) is 0 Å². The molecular weight excluding hydrogens is 360 g/mol. The molecule has 0 radical (unpaired) electrons. The molecule has 4 rings (SSSR count). The Morgan fingerprint density at radius 2 is 1.52 bits per heavy atom. The summed E-state index contributed by atoms with van der Waals surface area (Å²) >= 11 is 0. The van der Waals surface area contributed by atoms with Crippen LogP contribution in [-0.4, -0.2) is 54.5 Å². The van der Waals surface area contributed by atoms with Gasteiger partial charge in [-0.2, -0.15) is 5.10 Å². The Morgan fingerprint density at radius 1 is 0.862 bits per heavy atom. The van der Waals surface area contributed by atoms with Crippen LogP contribution in [0, 0.1) is 0 Å². The maximum atomic E-state index is 5.38. The second-order valence-electron chi connectivity index (χ2n) is 7.58. The molecule has 0 amide bonds. The maximum absolute atomic E-state index is 5.38. The summed E-state index contributed by atoms with van der Waals surface area (Å²) in [6.07, 6.45) is 2.12. The van der Waals surface area contributed by atoms with Gasteiger partial charge in [-0.1, -0.05) is 36.4 Å². The highest BCUT2D eigenvalue weighted by molar-refractivity contribution is 5.46. The predicted octanol–water partition coefficient (Wildman–Crippen LogP) is 3.77. The van der Waals surface area contributed by atoms with Gasteiger partial charge in [0.2, 0.25) is 0 Å². The molecule has 1 fully saturated rings. The summed E-state index contributed by atoms with van der Waals surface area (Å²) in [5.41, 5.74) is 4.67.